The first kappa shape index (κ1) is 40.7. The molecule has 8 aromatic rings. The van der Waals surface area contributed by atoms with Crippen molar-refractivity contribution in [1.82, 2.24) is 60.4 Å². The number of nitrogens with one attached hydrogen (secondary N) is 2. The monoisotopic (exact) mass is 842 g/mol. The lowest BCUT2D eigenvalue weighted by Crippen LogP contribution is -2.21. The summed E-state index contributed by atoms with van der Waals surface area (Å²) in [7, 11) is 0. The molecule has 16 heteroatoms. The number of H-pyrrole nitrogens is 2. The number of aliphatic hydroxyl groups excluding tert-OH is 2. The van der Waals surface area contributed by atoms with E-state index in [0.29, 0.717) is 54.8 Å². The van der Waals surface area contributed by atoms with Crippen LogP contribution >= 0.6 is 23.2 Å². The molecule has 0 aliphatic carbocycles. The van der Waals surface area contributed by atoms with Gasteiger partial charge in [0.25, 0.3) is 0 Å². The molecule has 0 saturated carbocycles. The third-order valence-corrected chi connectivity index (χ3v) is 11.4. The van der Waals surface area contributed by atoms with Crippen molar-refractivity contribution in [1.29, 1.82) is 0 Å². The highest BCUT2D eigenvalue weighted by Gasteiger charge is 2.34. The number of hydrogen-bond acceptors (Lipinski definition) is 10. The first-order valence-corrected chi connectivity index (χ1v) is 20.8. The molecule has 4 aromatic heterocycles. The summed E-state index contributed by atoms with van der Waals surface area (Å²) in [5.41, 5.74) is 8.62. The summed E-state index contributed by atoms with van der Waals surface area (Å²) in [6, 6.07) is 32.3. The molecule has 0 spiro atoms. The number of rotatable bonds is 17. The van der Waals surface area contributed by atoms with E-state index >= 15 is 0 Å². The molecule has 4 N–H and O–H groups in total. The smallest absolute Gasteiger partial charge is 0.205 e. The molecule has 14 nitrogen and oxygen atoms in total. The van der Waals surface area contributed by atoms with Crippen LogP contribution in [0.5, 0.6) is 0 Å². The molecule has 4 aromatic carbocycles. The highest BCUT2D eigenvalue weighted by atomic mass is 35.5. The van der Waals surface area contributed by atoms with Gasteiger partial charge in [0.2, 0.25) is 11.6 Å². The Balaban J connectivity index is 1.11. The Labute approximate surface area is 356 Å². The Bertz CT molecular complexity index is 2640. The van der Waals surface area contributed by atoms with E-state index in [-0.39, 0.29) is 16.9 Å². The lowest BCUT2D eigenvalue weighted by Gasteiger charge is -2.26. The van der Waals surface area contributed by atoms with Crippen LogP contribution in [0, 0.1) is 0 Å². The molecule has 0 saturated heterocycles. The van der Waals surface area contributed by atoms with Crippen molar-refractivity contribution < 1.29 is 10.2 Å². The number of halogens is 2. The van der Waals surface area contributed by atoms with Gasteiger partial charge in [-0.2, -0.15) is 10.4 Å². The maximum Gasteiger partial charge on any atom is 0.205 e. The van der Waals surface area contributed by atoms with Gasteiger partial charge in [0, 0.05) is 36.6 Å². The summed E-state index contributed by atoms with van der Waals surface area (Å²) < 4.78 is 3.98. The van der Waals surface area contributed by atoms with E-state index in [1.54, 1.807) is 0 Å². The van der Waals surface area contributed by atoms with Gasteiger partial charge in [-0.1, -0.05) is 147 Å². The second kappa shape index (κ2) is 18.5. The van der Waals surface area contributed by atoms with Gasteiger partial charge in [0.05, 0.1) is 18.0 Å². The number of imidazole rings is 2. The minimum atomic E-state index is -1.09. The minimum Gasteiger partial charge on any atom is -0.390 e. The Morgan fingerprint density at radius 2 is 1.18 bits per heavy atom. The van der Waals surface area contributed by atoms with Crippen LogP contribution in [-0.2, 0) is 26.1 Å². The number of hydrogen-bond donors (Lipinski definition) is 4. The van der Waals surface area contributed by atoms with Gasteiger partial charge in [0.15, 0.2) is 10.3 Å². The third kappa shape index (κ3) is 8.36. The Morgan fingerprint density at radius 3 is 1.67 bits per heavy atom. The fourth-order valence-corrected chi connectivity index (χ4v) is 8.40. The number of aromatic nitrogens is 12. The van der Waals surface area contributed by atoms with Gasteiger partial charge in [-0.05, 0) is 56.6 Å². The van der Waals surface area contributed by atoms with Crippen molar-refractivity contribution in [2.75, 3.05) is 0 Å². The van der Waals surface area contributed by atoms with Gasteiger partial charge in [-0.3, -0.25) is 0 Å². The van der Waals surface area contributed by atoms with E-state index in [0.717, 1.165) is 69.6 Å². The van der Waals surface area contributed by atoms with Crippen molar-refractivity contribution in [2.24, 2.45) is 0 Å². The van der Waals surface area contributed by atoms with Crippen LogP contribution in [0.2, 0.25) is 10.3 Å². The first-order valence-electron chi connectivity index (χ1n) is 20.0. The van der Waals surface area contributed by atoms with Crippen LogP contribution < -0.4 is 0 Å². The number of aromatic amines is 2. The molecule has 0 unspecified atom stereocenters. The van der Waals surface area contributed by atoms with Crippen LogP contribution in [-0.4, -0.2) is 70.6 Å². The quantitative estimate of drug-likeness (QED) is 0.0692. The highest BCUT2D eigenvalue weighted by molar-refractivity contribution is 6.30. The molecule has 0 bridgehead atoms. The number of tetrazole rings is 2. The lowest BCUT2D eigenvalue weighted by molar-refractivity contribution is 0.125. The predicted octanol–water partition coefficient (Wildman–Crippen LogP) is 8.63. The summed E-state index contributed by atoms with van der Waals surface area (Å²) in [4.78, 5) is 9.64. The van der Waals surface area contributed by atoms with E-state index in [1.807, 2.05) is 77.4 Å². The van der Waals surface area contributed by atoms with Crippen molar-refractivity contribution in [3.8, 4) is 45.0 Å². The molecule has 2 atom stereocenters. The van der Waals surface area contributed by atoms with E-state index in [1.165, 1.54) is 0 Å². The van der Waals surface area contributed by atoms with Crippen LogP contribution in [0.4, 0.5) is 0 Å². The molecule has 0 aliphatic heterocycles. The van der Waals surface area contributed by atoms with Gasteiger partial charge >= 0.3 is 0 Å². The molecule has 0 radical (unpaired) electrons. The molecule has 8 rings (SSSR count). The van der Waals surface area contributed by atoms with E-state index in [9.17, 15) is 10.2 Å². The summed E-state index contributed by atoms with van der Waals surface area (Å²) in [6.45, 7) is 4.68. The molecular formula is C44H44Cl2N12O2. The molecule has 0 fully saturated rings. The van der Waals surface area contributed by atoms with Crippen molar-refractivity contribution in [2.45, 2.75) is 77.7 Å². The maximum absolute atomic E-state index is 12.5. The van der Waals surface area contributed by atoms with Crippen molar-refractivity contribution in [3.63, 3.8) is 0 Å². The standard InChI is InChI=1S/C44H44Cl2N12O2/c1-3-5-15-37-47-41(46)38(58(37)25-28-18-22-30(23-19-28)32-12-7-9-14-34(32)43-51-55-56-52-43)39(60)35(10-4-2)44-48-40(45)36(26-59)57(44)24-27-16-20-29(21-17-27)31-11-6-8-13-33(31)42-49-53-54-50-42/h6-9,11-14,16-23,35,39,59-60H,3-5,10,15,24-26H2,1-2H3,(H,49,50,53,54)(H,51,52,55,56)/t35-,39-/m0/s1. The van der Waals surface area contributed by atoms with Gasteiger partial charge in [0.1, 0.15) is 17.8 Å². The molecule has 306 valence electrons. The Hall–Kier alpha value is -6.06. The van der Waals surface area contributed by atoms with E-state index in [4.69, 9.17) is 33.2 Å². The summed E-state index contributed by atoms with van der Waals surface area (Å²) in [5, 5.41) is 52.9. The van der Waals surface area contributed by atoms with E-state index in [2.05, 4.69) is 83.9 Å². The summed E-state index contributed by atoms with van der Waals surface area (Å²) >= 11 is 13.8. The molecule has 0 amide bonds. The predicted molar refractivity (Wildman–Crippen MR) is 230 cm³/mol. The topological polar surface area (TPSA) is 185 Å². The van der Waals surface area contributed by atoms with Crippen molar-refractivity contribution >= 4 is 23.2 Å². The van der Waals surface area contributed by atoms with Crippen molar-refractivity contribution in [3.05, 3.63) is 142 Å². The summed E-state index contributed by atoms with van der Waals surface area (Å²) in [6.07, 6.45) is 2.81. The highest BCUT2D eigenvalue weighted by Crippen LogP contribution is 2.40. The van der Waals surface area contributed by atoms with Gasteiger partial charge in [-0.25, -0.2) is 9.97 Å². The minimum absolute atomic E-state index is 0.190. The number of aliphatic hydroxyl groups is 2. The van der Waals surface area contributed by atoms with Gasteiger partial charge < -0.3 is 19.3 Å². The Morgan fingerprint density at radius 1 is 0.650 bits per heavy atom. The lowest BCUT2D eigenvalue weighted by atomic mass is 9.93. The Kier molecular flexibility index (Phi) is 12.5. The first-order chi connectivity index (χ1) is 29.4. The zero-order chi connectivity index (χ0) is 41.6. The maximum atomic E-state index is 12.5. The second-order valence-electron chi connectivity index (χ2n) is 14.6. The largest absolute Gasteiger partial charge is 0.390 e. The normalized spacial score (nSPS) is 12.6. The molecule has 4 heterocycles. The summed E-state index contributed by atoms with van der Waals surface area (Å²) in [5.74, 6) is 1.88. The fraction of sp³-hybridized carbons (Fsp3) is 0.273. The molecule has 0 aliphatic rings. The number of benzene rings is 4. The number of nitrogens with zero attached hydrogens (tertiary/aromatic N) is 10. The van der Waals surface area contributed by atoms with E-state index < -0.39 is 12.0 Å². The zero-order valence-electron chi connectivity index (χ0n) is 33.2. The van der Waals surface area contributed by atoms with Crippen LogP contribution in [0.1, 0.15) is 85.7 Å². The molecule has 60 heavy (non-hydrogen) atoms. The number of aryl methyl sites for hydroxylation is 1. The third-order valence-electron chi connectivity index (χ3n) is 10.8. The van der Waals surface area contributed by atoms with Crippen LogP contribution in [0.15, 0.2) is 97.1 Å². The number of unbranched alkanes of at least 4 members (excludes halogenated alkanes) is 1. The fourth-order valence-electron chi connectivity index (χ4n) is 7.84. The van der Waals surface area contributed by atoms with Crippen LogP contribution in [0.25, 0.3) is 45.0 Å². The van der Waals surface area contributed by atoms with Crippen LogP contribution in [0.3, 0.4) is 0 Å². The second-order valence-corrected chi connectivity index (χ2v) is 15.4. The molecular weight excluding hydrogens is 799 g/mol. The average Bonchev–Trinajstić information content (AvgIpc) is 4.11. The average molecular weight is 844 g/mol. The van der Waals surface area contributed by atoms with Gasteiger partial charge in [-0.15, -0.1) is 20.4 Å². The SMILES string of the molecule is CCCCc1nc(Cl)c([C@@H](O)[C@H](CCC)c2nc(Cl)c(CO)n2Cc2ccc(-c3ccccc3-c3nn[nH]n3)cc2)n1Cc1ccc(-c2ccccc2-c2nn[nH]n2)cc1. The zero-order valence-corrected chi connectivity index (χ0v) is 34.7.